The topological polar surface area (TPSA) is 78.9 Å². The van der Waals surface area contributed by atoms with Gasteiger partial charge in [0.25, 0.3) is 0 Å². The van der Waals surface area contributed by atoms with E-state index < -0.39 is 23.8 Å². The van der Waals surface area contributed by atoms with Crippen molar-refractivity contribution in [3.63, 3.8) is 0 Å². The van der Waals surface area contributed by atoms with Crippen LogP contribution in [0.15, 0.2) is 30.3 Å². The van der Waals surface area contributed by atoms with E-state index in [4.69, 9.17) is 4.74 Å². The summed E-state index contributed by atoms with van der Waals surface area (Å²) in [4.78, 5) is 27.1. The molecule has 0 unspecified atom stereocenters. The van der Waals surface area contributed by atoms with Gasteiger partial charge in [0, 0.05) is 18.5 Å². The molecule has 2 aliphatic rings. The zero-order valence-corrected chi connectivity index (χ0v) is 20.1. The van der Waals surface area contributed by atoms with Crippen LogP contribution in [0.3, 0.4) is 0 Å². The molecule has 1 aromatic rings. The smallest absolute Gasteiger partial charge is 0.407 e. The van der Waals surface area contributed by atoms with Crippen LogP contribution in [0, 0.1) is 5.92 Å². The van der Waals surface area contributed by atoms with Gasteiger partial charge in [-0.15, -0.1) is 0 Å². The molecule has 1 aromatic carbocycles. The molecular weight excluding hydrogens is 404 g/mol. The van der Waals surface area contributed by atoms with Gasteiger partial charge in [-0.25, -0.2) is 4.79 Å². The number of hydrogen-bond donors (Lipinski definition) is 2. The molecule has 1 aliphatic carbocycles. The number of rotatable bonds is 6. The molecule has 1 aliphatic heterocycles. The highest BCUT2D eigenvalue weighted by molar-refractivity contribution is 5.77. The third-order valence-electron chi connectivity index (χ3n) is 6.36. The lowest BCUT2D eigenvalue weighted by Crippen LogP contribution is -2.49. The molecule has 2 N–H and O–H groups in total. The third-order valence-corrected chi connectivity index (χ3v) is 6.36. The third kappa shape index (κ3) is 5.91. The molecule has 0 bridgehead atoms. The number of aliphatic hydroxyl groups excluding tert-OH is 1. The van der Waals surface area contributed by atoms with Crippen molar-refractivity contribution in [2.24, 2.45) is 5.92 Å². The van der Waals surface area contributed by atoms with Gasteiger partial charge in [0.1, 0.15) is 5.60 Å². The fourth-order valence-electron chi connectivity index (χ4n) is 4.76. The lowest BCUT2D eigenvalue weighted by molar-refractivity contribution is -0.135. The summed E-state index contributed by atoms with van der Waals surface area (Å²) in [6, 6.07) is 7.93. The summed E-state index contributed by atoms with van der Waals surface area (Å²) >= 11 is 0. The second-order valence-electron chi connectivity index (χ2n) is 10.6. The van der Waals surface area contributed by atoms with Crippen molar-refractivity contribution in [3.05, 3.63) is 41.5 Å². The van der Waals surface area contributed by atoms with Crippen LogP contribution in [-0.2, 0) is 14.9 Å². The van der Waals surface area contributed by atoms with E-state index in [-0.39, 0.29) is 23.7 Å². The van der Waals surface area contributed by atoms with E-state index in [2.05, 4.69) is 41.7 Å². The molecule has 0 aromatic heterocycles. The van der Waals surface area contributed by atoms with Gasteiger partial charge in [0.15, 0.2) is 0 Å². The minimum Gasteiger partial charge on any atom is -0.444 e. The molecular formula is C26H38N2O4. The molecule has 0 radical (unpaired) electrons. The van der Waals surface area contributed by atoms with E-state index in [9.17, 15) is 14.7 Å². The van der Waals surface area contributed by atoms with Crippen LogP contribution in [0.1, 0.15) is 71.4 Å². The molecule has 1 spiro atoms. The first-order valence-electron chi connectivity index (χ1n) is 11.7. The SMILES string of the molecule is CC(C)C[C@H](NC(=O)OC(C)(C)C)[C@H](O)CC(=O)N1CCC2(C=Cc3ccccc32)CC1. The van der Waals surface area contributed by atoms with Crippen molar-refractivity contribution >= 4 is 18.1 Å². The lowest BCUT2D eigenvalue weighted by Gasteiger charge is -2.39. The number of nitrogens with one attached hydrogen (secondary N) is 1. The van der Waals surface area contributed by atoms with Crippen LogP contribution in [0.2, 0.25) is 0 Å². The van der Waals surface area contributed by atoms with E-state index in [1.165, 1.54) is 11.1 Å². The van der Waals surface area contributed by atoms with E-state index in [0.717, 1.165) is 12.8 Å². The Morgan fingerprint density at radius 2 is 1.84 bits per heavy atom. The summed E-state index contributed by atoms with van der Waals surface area (Å²) < 4.78 is 5.34. The van der Waals surface area contributed by atoms with E-state index in [0.29, 0.717) is 19.5 Å². The predicted octanol–water partition coefficient (Wildman–Crippen LogP) is 4.26. The Bertz CT molecular complexity index is 848. The Kier molecular flexibility index (Phi) is 7.33. The van der Waals surface area contributed by atoms with E-state index in [1.54, 1.807) is 20.8 Å². The van der Waals surface area contributed by atoms with Gasteiger partial charge >= 0.3 is 6.09 Å². The number of hydrogen-bond acceptors (Lipinski definition) is 4. The molecule has 6 nitrogen and oxygen atoms in total. The van der Waals surface area contributed by atoms with Crippen LogP contribution in [0.5, 0.6) is 0 Å². The number of likely N-dealkylation sites (tertiary alicyclic amines) is 1. The van der Waals surface area contributed by atoms with E-state index >= 15 is 0 Å². The number of fused-ring (bicyclic) bond motifs is 2. The Balaban J connectivity index is 1.57. The molecule has 32 heavy (non-hydrogen) atoms. The van der Waals surface area contributed by atoms with Crippen molar-refractivity contribution in [2.75, 3.05) is 13.1 Å². The van der Waals surface area contributed by atoms with E-state index in [1.807, 2.05) is 18.7 Å². The predicted molar refractivity (Wildman–Crippen MR) is 126 cm³/mol. The number of benzene rings is 1. The van der Waals surface area contributed by atoms with Crippen molar-refractivity contribution in [2.45, 2.75) is 83.5 Å². The lowest BCUT2D eigenvalue weighted by atomic mass is 9.74. The Hall–Kier alpha value is -2.34. The Labute approximate surface area is 192 Å². The highest BCUT2D eigenvalue weighted by Gasteiger charge is 2.39. The van der Waals surface area contributed by atoms with Crippen LogP contribution >= 0.6 is 0 Å². The van der Waals surface area contributed by atoms with Gasteiger partial charge in [0.05, 0.1) is 18.6 Å². The summed E-state index contributed by atoms with van der Waals surface area (Å²) in [6.45, 7) is 10.8. The van der Waals surface area contributed by atoms with Crippen molar-refractivity contribution in [3.8, 4) is 0 Å². The van der Waals surface area contributed by atoms with Crippen LogP contribution in [-0.4, -0.2) is 52.8 Å². The van der Waals surface area contributed by atoms with Crippen LogP contribution in [0.25, 0.3) is 6.08 Å². The van der Waals surface area contributed by atoms with Gasteiger partial charge in [-0.1, -0.05) is 50.3 Å². The second kappa shape index (κ2) is 9.65. The number of amides is 2. The number of aliphatic hydroxyl groups is 1. The molecule has 6 heteroatoms. The highest BCUT2D eigenvalue weighted by Crippen LogP contribution is 2.43. The standard InChI is InChI=1S/C26H38N2O4/c1-18(2)16-21(27-24(31)32-25(3,4)5)22(29)17-23(30)28-14-12-26(13-15-28)11-10-19-8-6-7-9-20(19)26/h6-11,18,21-22,29H,12-17H2,1-5H3,(H,27,31)/t21-,22+/m0/s1. The fourth-order valence-corrected chi connectivity index (χ4v) is 4.76. The normalized spacial score (nSPS) is 19.0. The zero-order valence-electron chi connectivity index (χ0n) is 20.1. The average Bonchev–Trinajstić information content (AvgIpc) is 3.04. The summed E-state index contributed by atoms with van der Waals surface area (Å²) in [5.74, 6) is 0.186. The number of nitrogens with zero attached hydrogens (tertiary/aromatic N) is 1. The maximum absolute atomic E-state index is 13.0. The Morgan fingerprint density at radius 3 is 2.47 bits per heavy atom. The average molecular weight is 443 g/mol. The van der Waals surface area contributed by atoms with Gasteiger partial charge in [-0.2, -0.15) is 0 Å². The molecule has 1 saturated heterocycles. The first kappa shape index (κ1) is 24.3. The maximum Gasteiger partial charge on any atom is 0.407 e. The molecule has 0 saturated carbocycles. The highest BCUT2D eigenvalue weighted by atomic mass is 16.6. The van der Waals surface area contributed by atoms with Gasteiger partial charge < -0.3 is 20.1 Å². The number of carbonyl (C=O) groups excluding carboxylic acids is 2. The summed E-state index contributed by atoms with van der Waals surface area (Å²) in [5.41, 5.74) is 2.02. The quantitative estimate of drug-likeness (QED) is 0.690. The van der Waals surface area contributed by atoms with Gasteiger partial charge in [-0.3, -0.25) is 4.79 Å². The monoisotopic (exact) mass is 442 g/mol. The number of allylic oxidation sites excluding steroid dienone is 1. The zero-order chi connectivity index (χ0) is 23.5. The minimum atomic E-state index is -0.958. The van der Waals surface area contributed by atoms with Crippen LogP contribution < -0.4 is 5.32 Å². The molecule has 2 atom stereocenters. The largest absolute Gasteiger partial charge is 0.444 e. The molecule has 176 valence electrons. The number of alkyl carbamates (subject to hydrolysis) is 1. The summed E-state index contributed by atoms with van der Waals surface area (Å²) in [5, 5.41) is 13.6. The summed E-state index contributed by atoms with van der Waals surface area (Å²) in [7, 11) is 0. The van der Waals surface area contributed by atoms with Gasteiger partial charge in [0.2, 0.25) is 5.91 Å². The Morgan fingerprint density at radius 1 is 1.19 bits per heavy atom. The molecule has 1 heterocycles. The number of carbonyl (C=O) groups is 2. The molecule has 2 amide bonds. The fraction of sp³-hybridized carbons (Fsp3) is 0.615. The number of piperidine rings is 1. The van der Waals surface area contributed by atoms with Crippen molar-refractivity contribution < 1.29 is 19.4 Å². The minimum absolute atomic E-state index is 0.00733. The van der Waals surface area contributed by atoms with Crippen LogP contribution in [0.4, 0.5) is 4.79 Å². The molecule has 3 rings (SSSR count). The molecule has 1 fully saturated rings. The van der Waals surface area contributed by atoms with Gasteiger partial charge in [-0.05, 0) is 57.1 Å². The first-order chi connectivity index (χ1) is 15.0. The summed E-state index contributed by atoms with van der Waals surface area (Å²) in [6.07, 6.45) is 5.28. The maximum atomic E-state index is 13.0. The second-order valence-corrected chi connectivity index (χ2v) is 10.6. The van der Waals surface area contributed by atoms with Crippen molar-refractivity contribution in [1.82, 2.24) is 10.2 Å². The van der Waals surface area contributed by atoms with Crippen molar-refractivity contribution in [1.29, 1.82) is 0 Å². The number of ether oxygens (including phenoxy) is 1. The first-order valence-corrected chi connectivity index (χ1v) is 11.7.